The van der Waals surface area contributed by atoms with Gasteiger partial charge in [-0.15, -0.1) is 11.3 Å². The van der Waals surface area contributed by atoms with Gasteiger partial charge in [-0.2, -0.15) is 0 Å². The largest absolute Gasteiger partial charge is 0.458 e. The van der Waals surface area contributed by atoms with Crippen LogP contribution >= 0.6 is 23.1 Å². The van der Waals surface area contributed by atoms with Gasteiger partial charge in [0.25, 0.3) is 16.7 Å². The summed E-state index contributed by atoms with van der Waals surface area (Å²) >= 11 is 2.17. The summed E-state index contributed by atoms with van der Waals surface area (Å²) in [6.45, 7) is -0.882. The molecular formula is C17H15N3O6S2. The maximum absolute atomic E-state index is 12.4. The van der Waals surface area contributed by atoms with E-state index in [2.05, 4.69) is 0 Å². The van der Waals surface area contributed by atoms with Crippen LogP contribution in [0, 0.1) is 0 Å². The number of esters is 1. The molecule has 0 unspecified atom stereocenters. The number of carbonyl (C=O) groups excluding carboxylic acids is 3. The monoisotopic (exact) mass is 421 g/mol. The van der Waals surface area contributed by atoms with E-state index in [0.717, 1.165) is 26.1 Å². The topological polar surface area (TPSA) is 108 Å². The van der Waals surface area contributed by atoms with Crippen LogP contribution in [-0.4, -0.2) is 37.7 Å². The summed E-state index contributed by atoms with van der Waals surface area (Å²) in [5, 5.41) is 1.28. The van der Waals surface area contributed by atoms with Gasteiger partial charge in [-0.1, -0.05) is 6.07 Å². The van der Waals surface area contributed by atoms with Crippen LogP contribution in [0.25, 0.3) is 6.08 Å². The van der Waals surface area contributed by atoms with Crippen molar-refractivity contribution in [3.05, 3.63) is 59.9 Å². The second-order valence-electron chi connectivity index (χ2n) is 5.82. The van der Waals surface area contributed by atoms with E-state index < -0.39 is 34.9 Å². The standard InChI is InChI=1S/C17H15N3O6S2/c1-18-10(6-13(21)19(2)16(18)24)9-26-14(22)8-20-15(23)12(28-17(20)25)7-11-4-3-5-27-11/h3-7H,8-9H2,1-2H3. The lowest BCUT2D eigenvalue weighted by Crippen LogP contribution is -2.38. The molecule has 11 heteroatoms. The Morgan fingerprint density at radius 3 is 2.61 bits per heavy atom. The molecule has 0 spiro atoms. The van der Waals surface area contributed by atoms with E-state index in [1.54, 1.807) is 12.1 Å². The van der Waals surface area contributed by atoms with Gasteiger partial charge in [0.1, 0.15) is 13.2 Å². The van der Waals surface area contributed by atoms with Gasteiger partial charge in [-0.25, -0.2) is 4.79 Å². The second-order valence-corrected chi connectivity index (χ2v) is 7.79. The van der Waals surface area contributed by atoms with Gasteiger partial charge in [0, 0.05) is 25.0 Å². The van der Waals surface area contributed by atoms with Crippen LogP contribution < -0.4 is 11.2 Å². The second kappa shape index (κ2) is 7.98. The molecule has 1 aliphatic heterocycles. The van der Waals surface area contributed by atoms with Crippen molar-refractivity contribution in [1.29, 1.82) is 0 Å². The molecule has 1 aliphatic rings. The molecule has 0 saturated carbocycles. The molecule has 3 rings (SSSR count). The lowest BCUT2D eigenvalue weighted by Gasteiger charge is -2.13. The molecule has 1 saturated heterocycles. The molecule has 28 heavy (non-hydrogen) atoms. The summed E-state index contributed by atoms with van der Waals surface area (Å²) in [5.41, 5.74) is -0.879. The Balaban J connectivity index is 1.66. The molecule has 0 atom stereocenters. The number of nitrogens with zero attached hydrogens (tertiary/aromatic N) is 3. The summed E-state index contributed by atoms with van der Waals surface area (Å²) < 4.78 is 7.14. The third-order valence-electron chi connectivity index (χ3n) is 3.98. The Bertz CT molecular complexity index is 1100. The number of carbonyl (C=O) groups is 3. The maximum atomic E-state index is 12.4. The van der Waals surface area contributed by atoms with Crippen molar-refractivity contribution in [2.24, 2.45) is 14.1 Å². The number of ether oxygens (including phenoxy) is 1. The van der Waals surface area contributed by atoms with Crippen molar-refractivity contribution in [2.45, 2.75) is 6.61 Å². The number of hydrogen-bond donors (Lipinski definition) is 0. The van der Waals surface area contributed by atoms with Crippen molar-refractivity contribution < 1.29 is 19.1 Å². The highest BCUT2D eigenvalue weighted by Gasteiger charge is 2.36. The first-order valence-corrected chi connectivity index (χ1v) is 9.68. The molecule has 9 nitrogen and oxygen atoms in total. The summed E-state index contributed by atoms with van der Waals surface area (Å²) in [7, 11) is 2.78. The lowest BCUT2D eigenvalue weighted by atomic mass is 10.3. The van der Waals surface area contributed by atoms with Crippen molar-refractivity contribution in [1.82, 2.24) is 14.0 Å². The van der Waals surface area contributed by atoms with Gasteiger partial charge in [0.2, 0.25) is 0 Å². The first-order chi connectivity index (χ1) is 13.3. The summed E-state index contributed by atoms with van der Waals surface area (Å²) in [5.74, 6) is -1.39. The summed E-state index contributed by atoms with van der Waals surface area (Å²) in [6, 6.07) is 4.81. The molecule has 1 fully saturated rings. The predicted octanol–water partition coefficient (Wildman–Crippen LogP) is 0.925. The Morgan fingerprint density at radius 1 is 1.18 bits per heavy atom. The number of hydrogen-bond acceptors (Lipinski definition) is 8. The molecule has 0 bridgehead atoms. The highest BCUT2D eigenvalue weighted by molar-refractivity contribution is 8.18. The van der Waals surface area contributed by atoms with Crippen LogP contribution in [0.3, 0.4) is 0 Å². The number of aromatic nitrogens is 2. The molecule has 2 amide bonds. The van der Waals surface area contributed by atoms with Gasteiger partial charge < -0.3 is 4.74 Å². The molecule has 0 aromatic carbocycles. The molecule has 2 aromatic rings. The first kappa shape index (κ1) is 19.8. The van der Waals surface area contributed by atoms with Crippen LogP contribution in [0.4, 0.5) is 4.79 Å². The zero-order valence-corrected chi connectivity index (χ0v) is 16.5. The third-order valence-corrected chi connectivity index (χ3v) is 5.71. The van der Waals surface area contributed by atoms with Gasteiger partial charge in [0.15, 0.2) is 0 Å². The van der Waals surface area contributed by atoms with E-state index in [4.69, 9.17) is 4.74 Å². The third kappa shape index (κ3) is 3.99. The van der Waals surface area contributed by atoms with Gasteiger partial charge >= 0.3 is 11.7 Å². The molecular weight excluding hydrogens is 406 g/mol. The predicted molar refractivity (Wildman–Crippen MR) is 104 cm³/mol. The Labute approximate surface area is 166 Å². The molecule has 2 aromatic heterocycles. The Kier molecular flexibility index (Phi) is 5.66. The zero-order valence-electron chi connectivity index (χ0n) is 14.9. The average Bonchev–Trinajstić information content (AvgIpc) is 3.26. The van der Waals surface area contributed by atoms with E-state index in [9.17, 15) is 24.0 Å². The van der Waals surface area contributed by atoms with E-state index in [0.29, 0.717) is 0 Å². The van der Waals surface area contributed by atoms with Crippen molar-refractivity contribution >= 4 is 46.3 Å². The minimum atomic E-state index is -0.826. The van der Waals surface area contributed by atoms with E-state index >= 15 is 0 Å². The fourth-order valence-electron chi connectivity index (χ4n) is 2.38. The van der Waals surface area contributed by atoms with Crippen LogP contribution in [0.15, 0.2) is 38.1 Å². The van der Waals surface area contributed by atoms with E-state index in [-0.39, 0.29) is 17.2 Å². The van der Waals surface area contributed by atoms with Gasteiger partial charge in [-0.05, 0) is 29.3 Å². The summed E-state index contributed by atoms with van der Waals surface area (Å²) in [4.78, 5) is 61.9. The van der Waals surface area contributed by atoms with Crippen molar-refractivity contribution in [3.8, 4) is 0 Å². The molecule has 3 heterocycles. The van der Waals surface area contributed by atoms with Gasteiger partial charge in [0.05, 0.1) is 10.6 Å². The number of amides is 2. The van der Waals surface area contributed by atoms with Crippen LogP contribution in [-0.2, 0) is 35.0 Å². The smallest absolute Gasteiger partial charge is 0.330 e. The summed E-state index contributed by atoms with van der Waals surface area (Å²) in [6.07, 6.45) is 1.59. The maximum Gasteiger partial charge on any atom is 0.330 e. The fraction of sp³-hybridized carbons (Fsp3) is 0.235. The number of rotatable bonds is 5. The Hall–Kier alpha value is -2.92. The zero-order chi connectivity index (χ0) is 20.4. The molecule has 146 valence electrons. The molecule has 0 aliphatic carbocycles. The van der Waals surface area contributed by atoms with Crippen molar-refractivity contribution in [3.63, 3.8) is 0 Å². The normalized spacial score (nSPS) is 15.5. The minimum absolute atomic E-state index is 0.202. The first-order valence-electron chi connectivity index (χ1n) is 7.98. The highest BCUT2D eigenvalue weighted by atomic mass is 32.2. The quantitative estimate of drug-likeness (QED) is 0.522. The number of thioether (sulfide) groups is 1. The average molecular weight is 421 g/mol. The molecule has 0 N–H and O–H groups in total. The van der Waals surface area contributed by atoms with E-state index in [1.165, 1.54) is 36.1 Å². The lowest BCUT2D eigenvalue weighted by molar-refractivity contribution is -0.147. The van der Waals surface area contributed by atoms with Crippen molar-refractivity contribution in [2.75, 3.05) is 6.54 Å². The van der Waals surface area contributed by atoms with Crippen LogP contribution in [0.5, 0.6) is 0 Å². The minimum Gasteiger partial charge on any atom is -0.458 e. The SMILES string of the molecule is Cn1c(COC(=O)CN2C(=O)SC(=Cc3cccs3)C2=O)cc(=O)n(C)c1=O. The molecule has 0 radical (unpaired) electrons. The van der Waals surface area contributed by atoms with Crippen LogP contribution in [0.1, 0.15) is 10.6 Å². The fourth-order valence-corrected chi connectivity index (χ4v) is 3.95. The van der Waals surface area contributed by atoms with Gasteiger partial charge in [-0.3, -0.25) is 33.2 Å². The highest BCUT2D eigenvalue weighted by Crippen LogP contribution is 2.32. The van der Waals surface area contributed by atoms with E-state index in [1.807, 2.05) is 11.4 Å². The Morgan fingerprint density at radius 2 is 1.93 bits per heavy atom. The number of imide groups is 1. The number of thiophene rings is 1. The van der Waals surface area contributed by atoms with Crippen LogP contribution in [0.2, 0.25) is 0 Å².